The summed E-state index contributed by atoms with van der Waals surface area (Å²) in [6, 6.07) is 8.52. The average Bonchev–Trinajstić information content (AvgIpc) is 3.13. The van der Waals surface area contributed by atoms with E-state index in [-0.39, 0.29) is 0 Å². The number of aromatic nitrogens is 2. The normalized spacial score (nSPS) is 22.4. The molecule has 2 aromatic rings. The molecule has 0 saturated carbocycles. The SMILES string of the molecule is Cc1ccnc(N2CCC(C3CCN(Cc4cccnc4)CC3)C2)c1. The molecule has 2 aliphatic rings. The van der Waals surface area contributed by atoms with Gasteiger partial charge in [-0.1, -0.05) is 6.07 Å². The van der Waals surface area contributed by atoms with E-state index in [1.807, 2.05) is 24.7 Å². The molecular formula is C21H28N4. The van der Waals surface area contributed by atoms with E-state index in [4.69, 9.17) is 0 Å². The van der Waals surface area contributed by atoms with Crippen LogP contribution in [-0.2, 0) is 6.54 Å². The molecule has 4 nitrogen and oxygen atoms in total. The first-order valence-corrected chi connectivity index (χ1v) is 9.57. The van der Waals surface area contributed by atoms with Gasteiger partial charge in [0, 0.05) is 38.2 Å². The second kappa shape index (κ2) is 7.52. The third kappa shape index (κ3) is 4.01. The van der Waals surface area contributed by atoms with Crippen molar-refractivity contribution in [2.45, 2.75) is 32.7 Å². The number of piperidine rings is 1. The van der Waals surface area contributed by atoms with Gasteiger partial charge in [-0.2, -0.15) is 0 Å². The van der Waals surface area contributed by atoms with Gasteiger partial charge in [0.1, 0.15) is 5.82 Å². The van der Waals surface area contributed by atoms with Crippen LogP contribution in [-0.4, -0.2) is 41.0 Å². The summed E-state index contributed by atoms with van der Waals surface area (Å²) in [5.74, 6) is 2.87. The molecule has 0 aliphatic carbocycles. The van der Waals surface area contributed by atoms with Crippen LogP contribution >= 0.6 is 0 Å². The number of anilines is 1. The van der Waals surface area contributed by atoms with Crippen molar-refractivity contribution in [2.24, 2.45) is 11.8 Å². The van der Waals surface area contributed by atoms with Crippen molar-refractivity contribution < 1.29 is 0 Å². The van der Waals surface area contributed by atoms with Crippen LogP contribution < -0.4 is 4.90 Å². The summed E-state index contributed by atoms with van der Waals surface area (Å²) in [4.78, 5) is 13.9. The second-order valence-corrected chi connectivity index (χ2v) is 7.66. The number of pyridine rings is 2. The Kier molecular flexibility index (Phi) is 4.97. The Morgan fingerprint density at radius 1 is 1.04 bits per heavy atom. The Morgan fingerprint density at radius 3 is 2.64 bits per heavy atom. The maximum Gasteiger partial charge on any atom is 0.128 e. The van der Waals surface area contributed by atoms with E-state index in [1.54, 1.807) is 0 Å². The molecule has 1 unspecified atom stereocenters. The van der Waals surface area contributed by atoms with Gasteiger partial charge in [-0.15, -0.1) is 0 Å². The summed E-state index contributed by atoms with van der Waals surface area (Å²) in [6.07, 6.45) is 9.78. The van der Waals surface area contributed by atoms with Crippen LogP contribution in [0.1, 0.15) is 30.4 Å². The Morgan fingerprint density at radius 2 is 1.88 bits per heavy atom. The molecule has 25 heavy (non-hydrogen) atoms. The van der Waals surface area contributed by atoms with Crippen molar-refractivity contribution in [1.29, 1.82) is 0 Å². The van der Waals surface area contributed by atoms with Crippen molar-refractivity contribution in [3.05, 3.63) is 54.0 Å². The van der Waals surface area contributed by atoms with Crippen molar-refractivity contribution in [3.8, 4) is 0 Å². The van der Waals surface area contributed by atoms with Crippen LogP contribution in [0.2, 0.25) is 0 Å². The van der Waals surface area contributed by atoms with E-state index < -0.39 is 0 Å². The van der Waals surface area contributed by atoms with Gasteiger partial charge in [0.2, 0.25) is 0 Å². The highest BCUT2D eigenvalue weighted by Gasteiger charge is 2.32. The molecular weight excluding hydrogens is 308 g/mol. The predicted molar refractivity (Wildman–Crippen MR) is 102 cm³/mol. The first-order valence-electron chi connectivity index (χ1n) is 9.57. The summed E-state index contributed by atoms with van der Waals surface area (Å²) < 4.78 is 0. The van der Waals surface area contributed by atoms with E-state index in [9.17, 15) is 0 Å². The van der Waals surface area contributed by atoms with Crippen LogP contribution in [0.25, 0.3) is 0 Å². The molecule has 0 aromatic carbocycles. The molecule has 2 fully saturated rings. The smallest absolute Gasteiger partial charge is 0.128 e. The van der Waals surface area contributed by atoms with Crippen molar-refractivity contribution in [1.82, 2.24) is 14.9 Å². The molecule has 2 saturated heterocycles. The Labute approximate surface area is 150 Å². The summed E-state index contributed by atoms with van der Waals surface area (Å²) in [5, 5.41) is 0. The van der Waals surface area contributed by atoms with E-state index in [2.05, 4.69) is 44.9 Å². The van der Waals surface area contributed by atoms with Crippen molar-refractivity contribution in [3.63, 3.8) is 0 Å². The molecule has 0 radical (unpaired) electrons. The molecule has 132 valence electrons. The highest BCUT2D eigenvalue weighted by atomic mass is 15.2. The zero-order chi connectivity index (χ0) is 17.1. The lowest BCUT2D eigenvalue weighted by Gasteiger charge is -2.34. The molecule has 2 aromatic heterocycles. The number of aryl methyl sites for hydroxylation is 1. The standard InChI is InChI=1S/C21H28N4/c1-17-4-9-23-21(13-17)25-12-7-20(16-25)19-5-10-24(11-6-19)15-18-3-2-8-22-14-18/h2-4,8-9,13-14,19-20H,5-7,10-12,15-16H2,1H3. The molecule has 1 atom stereocenters. The van der Waals surface area contributed by atoms with E-state index >= 15 is 0 Å². The Balaban J connectivity index is 1.28. The average molecular weight is 336 g/mol. The van der Waals surface area contributed by atoms with Crippen molar-refractivity contribution >= 4 is 5.82 Å². The minimum atomic E-state index is 0.836. The number of nitrogens with zero attached hydrogens (tertiary/aromatic N) is 4. The predicted octanol–water partition coefficient (Wildman–Crippen LogP) is 3.52. The van der Waals surface area contributed by atoms with Crippen molar-refractivity contribution in [2.75, 3.05) is 31.1 Å². The van der Waals surface area contributed by atoms with Crippen LogP contribution in [0.3, 0.4) is 0 Å². The third-order valence-corrected chi connectivity index (χ3v) is 5.88. The van der Waals surface area contributed by atoms with E-state index in [1.165, 1.54) is 50.0 Å². The maximum atomic E-state index is 4.57. The summed E-state index contributed by atoms with van der Waals surface area (Å²) in [6.45, 7) is 7.99. The third-order valence-electron chi connectivity index (χ3n) is 5.88. The lowest BCUT2D eigenvalue weighted by atomic mass is 9.83. The molecule has 0 amide bonds. The Hall–Kier alpha value is -1.94. The lowest BCUT2D eigenvalue weighted by molar-refractivity contribution is 0.147. The van der Waals surface area contributed by atoms with Gasteiger partial charge >= 0.3 is 0 Å². The summed E-state index contributed by atoms with van der Waals surface area (Å²) >= 11 is 0. The van der Waals surface area contributed by atoms with Crippen LogP contribution in [0.5, 0.6) is 0 Å². The number of rotatable bonds is 4. The van der Waals surface area contributed by atoms with Gasteiger partial charge in [-0.05, 0) is 80.4 Å². The molecule has 0 spiro atoms. The zero-order valence-corrected chi connectivity index (χ0v) is 15.1. The summed E-state index contributed by atoms with van der Waals surface area (Å²) in [5.41, 5.74) is 2.63. The Bertz CT molecular complexity index is 679. The molecule has 4 rings (SSSR count). The van der Waals surface area contributed by atoms with Crippen LogP contribution in [0, 0.1) is 18.8 Å². The number of hydrogen-bond donors (Lipinski definition) is 0. The minimum absolute atomic E-state index is 0.836. The van der Waals surface area contributed by atoms with Gasteiger partial charge < -0.3 is 4.90 Å². The zero-order valence-electron chi connectivity index (χ0n) is 15.1. The van der Waals surface area contributed by atoms with Crippen LogP contribution in [0.15, 0.2) is 42.9 Å². The molecule has 4 heteroatoms. The molecule has 0 N–H and O–H groups in total. The van der Waals surface area contributed by atoms with Gasteiger partial charge in [0.25, 0.3) is 0 Å². The largest absolute Gasteiger partial charge is 0.356 e. The topological polar surface area (TPSA) is 32.3 Å². The quantitative estimate of drug-likeness (QED) is 0.855. The van der Waals surface area contributed by atoms with Gasteiger partial charge in [0.15, 0.2) is 0 Å². The fourth-order valence-corrected chi connectivity index (χ4v) is 4.41. The number of likely N-dealkylation sites (tertiary alicyclic amines) is 1. The first-order chi connectivity index (χ1) is 12.3. The molecule has 0 bridgehead atoms. The number of hydrogen-bond acceptors (Lipinski definition) is 4. The highest BCUT2D eigenvalue weighted by Crippen LogP contribution is 2.33. The van der Waals surface area contributed by atoms with Gasteiger partial charge in [-0.25, -0.2) is 4.98 Å². The van der Waals surface area contributed by atoms with Gasteiger partial charge in [-0.3, -0.25) is 9.88 Å². The molecule has 4 heterocycles. The monoisotopic (exact) mass is 336 g/mol. The lowest BCUT2D eigenvalue weighted by Crippen LogP contribution is -2.36. The van der Waals surface area contributed by atoms with E-state index in [0.717, 1.165) is 30.7 Å². The summed E-state index contributed by atoms with van der Waals surface area (Å²) in [7, 11) is 0. The fourth-order valence-electron chi connectivity index (χ4n) is 4.41. The van der Waals surface area contributed by atoms with Gasteiger partial charge in [0.05, 0.1) is 0 Å². The second-order valence-electron chi connectivity index (χ2n) is 7.66. The highest BCUT2D eigenvalue weighted by molar-refractivity contribution is 5.41. The first kappa shape index (κ1) is 16.5. The minimum Gasteiger partial charge on any atom is -0.356 e. The van der Waals surface area contributed by atoms with Crippen LogP contribution in [0.4, 0.5) is 5.82 Å². The fraction of sp³-hybridized carbons (Fsp3) is 0.524. The van der Waals surface area contributed by atoms with E-state index in [0.29, 0.717) is 0 Å². The maximum absolute atomic E-state index is 4.57. The molecule has 2 aliphatic heterocycles.